The Morgan fingerprint density at radius 1 is 0.788 bits per heavy atom. The van der Waals surface area contributed by atoms with E-state index in [1.54, 1.807) is 5.56 Å². The SMILES string of the molecule is CC(=O)Cl.CCCCCCC1CC2C(C1)C2(CC)c1cccc(C)c1.CCCCCCN1CC2C(C1)C2(COC(C)=O)c1cccc(NC(C)=O)c1. The summed E-state index contributed by atoms with van der Waals surface area (Å²) in [5.41, 5.74) is 5.52. The summed E-state index contributed by atoms with van der Waals surface area (Å²) in [6.45, 7) is 17.2. The molecule has 4 fully saturated rings. The fourth-order valence-electron chi connectivity index (χ4n) is 10.2. The van der Waals surface area contributed by atoms with Crippen molar-refractivity contribution in [3.05, 3.63) is 65.2 Å². The first-order valence-electron chi connectivity index (χ1n) is 20.4. The highest BCUT2D eigenvalue weighted by Gasteiger charge is 2.69. The standard InChI is InChI=1S/C22H32N2O3.C21H32.C2H3ClO/c1-4-5-6-7-11-24-13-20-21(14-24)22(20,15-27-17(3)26)18-9-8-10-19(12-18)23-16(2)25;1-4-6-7-8-11-17-14-19-20(15-17)21(19,5-2)18-12-9-10-16(3)13-18;1-2(3)4/h8-10,12,20-21H,4-7,11,13-15H2,1-3H3,(H,23,25);9-10,12-13,17,19-20H,4-8,11,14-15H2,1-3H3;1H3. The number of hydrogen-bond donors (Lipinski definition) is 1. The third-order valence-electron chi connectivity index (χ3n) is 12.7. The number of carbonyl (C=O) groups is 3. The van der Waals surface area contributed by atoms with Gasteiger partial charge in [-0.3, -0.25) is 14.4 Å². The molecule has 0 bridgehead atoms. The van der Waals surface area contributed by atoms with Crippen molar-refractivity contribution in [3.8, 4) is 0 Å². The average Bonchev–Trinajstić information content (AvgIpc) is 3.66. The first kappa shape index (κ1) is 42.0. The van der Waals surface area contributed by atoms with Crippen molar-refractivity contribution in [1.29, 1.82) is 0 Å². The molecule has 288 valence electrons. The molecule has 4 unspecified atom stereocenters. The molecular weight excluding hydrogens is 668 g/mol. The molecule has 7 heteroatoms. The monoisotopic (exact) mass is 734 g/mol. The molecule has 0 spiro atoms. The van der Waals surface area contributed by atoms with E-state index in [1.807, 2.05) is 12.1 Å². The number of halogens is 1. The molecule has 52 heavy (non-hydrogen) atoms. The maximum atomic E-state index is 11.5. The Hall–Kier alpha value is -2.70. The van der Waals surface area contributed by atoms with Crippen LogP contribution >= 0.6 is 11.6 Å². The van der Waals surface area contributed by atoms with Gasteiger partial charge in [0, 0.05) is 50.4 Å². The van der Waals surface area contributed by atoms with E-state index in [4.69, 9.17) is 4.74 Å². The predicted octanol–water partition coefficient (Wildman–Crippen LogP) is 10.6. The second-order valence-electron chi connectivity index (χ2n) is 16.2. The number of unbranched alkanes of at least 4 members (excludes halogenated alkanes) is 6. The van der Waals surface area contributed by atoms with Gasteiger partial charge in [-0.1, -0.05) is 114 Å². The molecule has 3 aliphatic carbocycles. The zero-order chi connectivity index (χ0) is 37.9. The lowest BCUT2D eigenvalue weighted by atomic mass is 9.81. The van der Waals surface area contributed by atoms with Crippen molar-refractivity contribution in [2.24, 2.45) is 29.6 Å². The van der Waals surface area contributed by atoms with E-state index < -0.39 is 0 Å². The normalized spacial score (nSPS) is 28.0. The summed E-state index contributed by atoms with van der Waals surface area (Å²) >= 11 is 4.64. The third-order valence-corrected chi connectivity index (χ3v) is 12.7. The highest BCUT2D eigenvalue weighted by molar-refractivity contribution is 6.62. The fraction of sp³-hybridized carbons (Fsp3) is 0.667. The lowest BCUT2D eigenvalue weighted by molar-refractivity contribution is -0.142. The largest absolute Gasteiger partial charge is 0.465 e. The van der Waals surface area contributed by atoms with E-state index in [9.17, 15) is 14.4 Å². The van der Waals surface area contributed by atoms with Gasteiger partial charge >= 0.3 is 5.97 Å². The molecule has 0 aromatic heterocycles. The average molecular weight is 735 g/mol. The summed E-state index contributed by atoms with van der Waals surface area (Å²) in [6.07, 6.45) is 16.7. The first-order valence-corrected chi connectivity index (χ1v) is 20.8. The van der Waals surface area contributed by atoms with Gasteiger partial charge in [-0.2, -0.15) is 0 Å². The Kier molecular flexibility index (Phi) is 15.8. The quantitative estimate of drug-likeness (QED) is 0.106. The minimum atomic E-state index is -0.361. The molecule has 1 amide bonds. The number of amides is 1. The smallest absolute Gasteiger partial charge is 0.302 e. The molecule has 1 aliphatic heterocycles. The Labute approximate surface area is 320 Å². The van der Waals surface area contributed by atoms with Crippen molar-refractivity contribution in [2.75, 3.05) is 31.6 Å². The molecular formula is C45H67ClN2O4. The highest BCUT2D eigenvalue weighted by atomic mass is 35.5. The van der Waals surface area contributed by atoms with Crippen molar-refractivity contribution in [1.82, 2.24) is 4.90 Å². The van der Waals surface area contributed by atoms with Crippen molar-refractivity contribution >= 4 is 34.4 Å². The maximum absolute atomic E-state index is 11.5. The van der Waals surface area contributed by atoms with E-state index in [-0.39, 0.29) is 22.5 Å². The van der Waals surface area contributed by atoms with Gasteiger partial charge < -0.3 is 15.0 Å². The number of benzene rings is 2. The minimum absolute atomic E-state index is 0.0737. The number of esters is 1. The number of ether oxygens (including phenoxy) is 1. The number of nitrogens with one attached hydrogen (secondary N) is 1. The van der Waals surface area contributed by atoms with Crippen LogP contribution in [0.4, 0.5) is 5.69 Å². The Morgan fingerprint density at radius 2 is 1.37 bits per heavy atom. The molecule has 0 radical (unpaired) electrons. The Balaban J connectivity index is 0.000000216. The second kappa shape index (κ2) is 19.6. The number of fused-ring (bicyclic) bond motifs is 2. The van der Waals surface area contributed by atoms with E-state index in [0.717, 1.165) is 36.5 Å². The van der Waals surface area contributed by atoms with Crippen molar-refractivity contribution < 1.29 is 19.1 Å². The number of aryl methyl sites for hydroxylation is 1. The molecule has 4 atom stereocenters. The molecule has 2 aromatic carbocycles. The van der Waals surface area contributed by atoms with Crippen LogP contribution in [0.1, 0.15) is 135 Å². The van der Waals surface area contributed by atoms with E-state index in [1.165, 1.54) is 115 Å². The molecule has 6 nitrogen and oxygen atoms in total. The molecule has 1 N–H and O–H groups in total. The van der Waals surface area contributed by atoms with Crippen LogP contribution in [0.3, 0.4) is 0 Å². The van der Waals surface area contributed by atoms with Crippen LogP contribution in [0.2, 0.25) is 0 Å². The van der Waals surface area contributed by atoms with Gasteiger partial charge in [-0.15, -0.1) is 0 Å². The minimum Gasteiger partial charge on any atom is -0.465 e. The number of anilines is 1. The number of rotatable bonds is 16. The van der Waals surface area contributed by atoms with Crippen LogP contribution in [-0.4, -0.2) is 48.3 Å². The van der Waals surface area contributed by atoms with Crippen LogP contribution in [0.15, 0.2) is 48.5 Å². The third kappa shape index (κ3) is 10.5. The summed E-state index contributed by atoms with van der Waals surface area (Å²) < 4.78 is 5.48. The zero-order valence-corrected chi connectivity index (χ0v) is 34.0. The summed E-state index contributed by atoms with van der Waals surface area (Å²) in [7, 11) is 0. The Bertz CT molecular complexity index is 1450. The molecule has 1 heterocycles. The lowest BCUT2D eigenvalue weighted by Gasteiger charge is -2.27. The molecule has 1 saturated heterocycles. The maximum Gasteiger partial charge on any atom is 0.302 e. The zero-order valence-electron chi connectivity index (χ0n) is 33.3. The van der Waals surface area contributed by atoms with Gasteiger partial charge in [-0.25, -0.2) is 0 Å². The number of nitrogens with zero attached hydrogens (tertiary/aromatic N) is 1. The van der Waals surface area contributed by atoms with Crippen LogP contribution in [0.25, 0.3) is 0 Å². The van der Waals surface area contributed by atoms with Gasteiger partial charge in [0.25, 0.3) is 0 Å². The van der Waals surface area contributed by atoms with Crippen LogP contribution < -0.4 is 5.32 Å². The fourth-order valence-corrected chi connectivity index (χ4v) is 10.2. The van der Waals surface area contributed by atoms with Crippen LogP contribution in [0.5, 0.6) is 0 Å². The number of likely N-dealkylation sites (tertiary alicyclic amines) is 1. The number of carbonyl (C=O) groups excluding carboxylic acids is 3. The van der Waals surface area contributed by atoms with E-state index >= 15 is 0 Å². The lowest BCUT2D eigenvalue weighted by Crippen LogP contribution is -2.34. The Morgan fingerprint density at radius 3 is 1.90 bits per heavy atom. The van der Waals surface area contributed by atoms with Gasteiger partial charge in [0.1, 0.15) is 6.61 Å². The molecule has 2 aromatic rings. The van der Waals surface area contributed by atoms with Gasteiger partial charge in [0.2, 0.25) is 11.1 Å². The predicted molar refractivity (Wildman–Crippen MR) is 215 cm³/mol. The topological polar surface area (TPSA) is 75.7 Å². The van der Waals surface area contributed by atoms with Gasteiger partial charge in [0.15, 0.2) is 0 Å². The van der Waals surface area contributed by atoms with Crippen LogP contribution in [-0.2, 0) is 30.0 Å². The molecule has 4 aliphatic rings. The van der Waals surface area contributed by atoms with Crippen molar-refractivity contribution in [2.45, 2.75) is 136 Å². The first-order chi connectivity index (χ1) is 24.9. The van der Waals surface area contributed by atoms with Gasteiger partial charge in [0.05, 0.1) is 0 Å². The van der Waals surface area contributed by atoms with Crippen molar-refractivity contribution in [3.63, 3.8) is 0 Å². The second-order valence-corrected chi connectivity index (χ2v) is 16.8. The molecule has 6 rings (SSSR count). The van der Waals surface area contributed by atoms with E-state index in [2.05, 4.69) is 85.9 Å². The summed E-state index contributed by atoms with van der Waals surface area (Å²) in [5, 5.41) is 2.51. The van der Waals surface area contributed by atoms with E-state index in [0.29, 0.717) is 23.9 Å². The number of hydrogen-bond acceptors (Lipinski definition) is 5. The summed E-state index contributed by atoms with van der Waals surface area (Å²) in [4.78, 5) is 34.6. The molecule has 3 saturated carbocycles. The van der Waals surface area contributed by atoms with Gasteiger partial charge in [-0.05, 0) is 104 Å². The van der Waals surface area contributed by atoms with Crippen LogP contribution in [0, 0.1) is 36.5 Å². The number of piperidine rings is 1. The highest BCUT2D eigenvalue weighted by Crippen LogP contribution is 2.71. The summed E-state index contributed by atoms with van der Waals surface area (Å²) in [6, 6.07) is 17.4. The summed E-state index contributed by atoms with van der Waals surface area (Å²) in [5.74, 6) is 3.79.